The lowest BCUT2D eigenvalue weighted by Crippen LogP contribution is -1.89. The first kappa shape index (κ1) is 7.09. The molecule has 0 fully saturated rings. The lowest BCUT2D eigenvalue weighted by molar-refractivity contribution is 0.396. The van der Waals surface area contributed by atoms with Gasteiger partial charge in [-0.1, -0.05) is 0 Å². The molecule has 0 unspecified atom stereocenters. The van der Waals surface area contributed by atoms with Crippen LogP contribution >= 0.6 is 0 Å². The van der Waals surface area contributed by atoms with Crippen molar-refractivity contribution < 1.29 is 9.13 Å². The average Bonchev–Trinajstić information content (AvgIpc) is 2.52. The quantitative estimate of drug-likeness (QED) is 0.700. The first-order chi connectivity index (χ1) is 5.81. The van der Waals surface area contributed by atoms with E-state index in [2.05, 4.69) is 9.97 Å². The number of aromatic nitrogens is 2. The van der Waals surface area contributed by atoms with Crippen LogP contribution < -0.4 is 4.74 Å². The van der Waals surface area contributed by atoms with Gasteiger partial charge in [0.2, 0.25) is 5.88 Å². The zero-order valence-corrected chi connectivity index (χ0v) is 6.47. The molecule has 0 saturated carbocycles. The van der Waals surface area contributed by atoms with Gasteiger partial charge in [0.1, 0.15) is 11.5 Å². The van der Waals surface area contributed by atoms with Crippen molar-refractivity contribution >= 4 is 11.0 Å². The van der Waals surface area contributed by atoms with Crippen molar-refractivity contribution in [2.75, 3.05) is 7.11 Å². The molecule has 2 heterocycles. The number of hydrogen-bond acceptors (Lipinski definition) is 2. The van der Waals surface area contributed by atoms with Crippen molar-refractivity contribution in [2.24, 2.45) is 0 Å². The van der Waals surface area contributed by atoms with Crippen molar-refractivity contribution in [3.05, 3.63) is 24.1 Å². The van der Waals surface area contributed by atoms with Gasteiger partial charge in [-0.05, 0) is 6.07 Å². The molecule has 0 atom stereocenters. The minimum atomic E-state index is -0.321. The number of rotatable bonds is 1. The van der Waals surface area contributed by atoms with E-state index in [9.17, 15) is 4.39 Å². The number of nitrogens with zero attached hydrogens (tertiary/aromatic N) is 1. The lowest BCUT2D eigenvalue weighted by atomic mass is 10.3. The van der Waals surface area contributed by atoms with Crippen LogP contribution in [0.1, 0.15) is 0 Å². The fourth-order valence-electron chi connectivity index (χ4n) is 1.08. The molecule has 0 aliphatic heterocycles. The number of methoxy groups -OCH3 is 1. The summed E-state index contributed by atoms with van der Waals surface area (Å²) in [5.74, 6) is -0.0412. The Bertz CT molecular complexity index is 410. The molecule has 0 bridgehead atoms. The van der Waals surface area contributed by atoms with Crippen LogP contribution in [-0.2, 0) is 0 Å². The maximum Gasteiger partial charge on any atom is 0.217 e. The van der Waals surface area contributed by atoms with Gasteiger partial charge in [-0.2, -0.15) is 4.98 Å². The molecule has 1 N–H and O–H groups in total. The van der Waals surface area contributed by atoms with E-state index < -0.39 is 0 Å². The second kappa shape index (κ2) is 2.48. The van der Waals surface area contributed by atoms with E-state index in [1.54, 1.807) is 12.3 Å². The Balaban J connectivity index is 2.75. The number of pyridine rings is 1. The topological polar surface area (TPSA) is 37.9 Å². The largest absolute Gasteiger partial charge is 0.481 e. The van der Waals surface area contributed by atoms with E-state index >= 15 is 0 Å². The van der Waals surface area contributed by atoms with Gasteiger partial charge in [0, 0.05) is 12.3 Å². The third-order valence-electron chi connectivity index (χ3n) is 1.66. The number of nitrogens with one attached hydrogen (secondary N) is 1. The molecule has 62 valence electrons. The maximum absolute atomic E-state index is 13.1. The van der Waals surface area contributed by atoms with Gasteiger partial charge >= 0.3 is 0 Å². The zero-order chi connectivity index (χ0) is 8.55. The molecular weight excluding hydrogens is 159 g/mol. The van der Waals surface area contributed by atoms with Gasteiger partial charge < -0.3 is 9.72 Å². The van der Waals surface area contributed by atoms with E-state index in [1.165, 1.54) is 13.2 Å². The molecule has 4 heteroatoms. The fraction of sp³-hybridized carbons (Fsp3) is 0.125. The monoisotopic (exact) mass is 166 g/mol. The van der Waals surface area contributed by atoms with E-state index in [0.29, 0.717) is 11.0 Å². The number of fused-ring (bicyclic) bond motifs is 1. The highest BCUT2D eigenvalue weighted by molar-refractivity contribution is 5.76. The van der Waals surface area contributed by atoms with Crippen LogP contribution in [0, 0.1) is 5.82 Å². The molecular formula is C8H7FN2O. The number of H-pyrrole nitrogens is 1. The second-order valence-corrected chi connectivity index (χ2v) is 2.39. The van der Waals surface area contributed by atoms with Crippen LogP contribution in [0.15, 0.2) is 18.3 Å². The Kier molecular flexibility index (Phi) is 1.46. The van der Waals surface area contributed by atoms with Crippen LogP contribution in [0.2, 0.25) is 0 Å². The maximum atomic E-state index is 13.1. The van der Waals surface area contributed by atoms with Crippen molar-refractivity contribution in [3.8, 4) is 5.88 Å². The van der Waals surface area contributed by atoms with Gasteiger partial charge in [-0.15, -0.1) is 0 Å². The second-order valence-electron chi connectivity index (χ2n) is 2.39. The molecule has 0 amide bonds. The highest BCUT2D eigenvalue weighted by atomic mass is 19.1. The first-order valence-corrected chi connectivity index (χ1v) is 3.49. The van der Waals surface area contributed by atoms with E-state index in [1.807, 2.05) is 0 Å². The Morgan fingerprint density at radius 3 is 3.17 bits per heavy atom. The van der Waals surface area contributed by atoms with Crippen LogP contribution in [-0.4, -0.2) is 17.1 Å². The van der Waals surface area contributed by atoms with Crippen LogP contribution in [0.5, 0.6) is 5.88 Å². The summed E-state index contributed by atoms with van der Waals surface area (Å²) in [5.41, 5.74) is 0.506. The van der Waals surface area contributed by atoms with Gasteiger partial charge in [-0.25, -0.2) is 4.39 Å². The highest BCUT2D eigenvalue weighted by Gasteiger charge is 2.05. The predicted octanol–water partition coefficient (Wildman–Crippen LogP) is 1.71. The van der Waals surface area contributed by atoms with Gasteiger partial charge in [0.15, 0.2) is 0 Å². The van der Waals surface area contributed by atoms with Crippen molar-refractivity contribution in [2.45, 2.75) is 0 Å². The van der Waals surface area contributed by atoms with Gasteiger partial charge in [0.05, 0.1) is 12.5 Å². The van der Waals surface area contributed by atoms with Crippen LogP contribution in [0.25, 0.3) is 11.0 Å². The molecule has 0 spiro atoms. The molecule has 0 aromatic carbocycles. The minimum absolute atomic E-state index is 0.280. The summed E-state index contributed by atoms with van der Waals surface area (Å²) in [4.78, 5) is 6.80. The Morgan fingerprint density at radius 2 is 2.42 bits per heavy atom. The summed E-state index contributed by atoms with van der Waals surface area (Å²) in [7, 11) is 1.45. The number of hydrogen-bond donors (Lipinski definition) is 1. The molecule has 12 heavy (non-hydrogen) atoms. The minimum Gasteiger partial charge on any atom is -0.481 e. The summed E-state index contributed by atoms with van der Waals surface area (Å²) in [5, 5.41) is 0.482. The molecule has 0 aliphatic rings. The van der Waals surface area contributed by atoms with Crippen molar-refractivity contribution in [3.63, 3.8) is 0 Å². The Hall–Kier alpha value is -1.58. The molecule has 0 saturated heterocycles. The van der Waals surface area contributed by atoms with Gasteiger partial charge in [0.25, 0.3) is 0 Å². The zero-order valence-electron chi connectivity index (χ0n) is 6.47. The molecule has 2 aromatic heterocycles. The predicted molar refractivity (Wildman–Crippen MR) is 42.6 cm³/mol. The summed E-state index contributed by atoms with van der Waals surface area (Å²) in [6.07, 6.45) is 1.64. The molecule has 2 rings (SSSR count). The summed E-state index contributed by atoms with van der Waals surface area (Å²) in [6.45, 7) is 0. The van der Waals surface area contributed by atoms with Gasteiger partial charge in [-0.3, -0.25) is 0 Å². The third kappa shape index (κ3) is 0.922. The van der Waals surface area contributed by atoms with E-state index in [4.69, 9.17) is 4.74 Å². The molecule has 0 aliphatic carbocycles. The normalized spacial score (nSPS) is 10.5. The van der Waals surface area contributed by atoms with Crippen molar-refractivity contribution in [1.29, 1.82) is 0 Å². The number of aromatic amines is 1. The van der Waals surface area contributed by atoms with Crippen LogP contribution in [0.3, 0.4) is 0 Å². The molecule has 2 aromatic rings. The molecule has 0 radical (unpaired) electrons. The van der Waals surface area contributed by atoms with Crippen molar-refractivity contribution in [1.82, 2.24) is 9.97 Å². The van der Waals surface area contributed by atoms with Crippen LogP contribution in [0.4, 0.5) is 4.39 Å². The fourth-order valence-corrected chi connectivity index (χ4v) is 1.08. The molecule has 3 nitrogen and oxygen atoms in total. The Morgan fingerprint density at radius 1 is 1.58 bits per heavy atom. The number of ether oxygens (including phenoxy) is 1. The highest BCUT2D eigenvalue weighted by Crippen LogP contribution is 2.18. The lowest BCUT2D eigenvalue weighted by Gasteiger charge is -1.98. The first-order valence-electron chi connectivity index (χ1n) is 3.49. The summed E-state index contributed by atoms with van der Waals surface area (Å²) < 4.78 is 17.9. The summed E-state index contributed by atoms with van der Waals surface area (Å²) >= 11 is 0. The third-order valence-corrected chi connectivity index (χ3v) is 1.66. The standard InChI is InChI=1S/C8H7FN2O/c1-12-7-4-6(9)5-2-3-10-8(5)11-7/h2-4H,1H3,(H,10,11). The van der Waals surface area contributed by atoms with E-state index in [0.717, 1.165) is 0 Å². The number of halogens is 1. The smallest absolute Gasteiger partial charge is 0.217 e. The average molecular weight is 166 g/mol. The Labute approximate surface area is 68.2 Å². The SMILES string of the molecule is COc1cc(F)c2cc[nH]c2n1. The van der Waals surface area contributed by atoms with E-state index in [-0.39, 0.29) is 11.7 Å². The summed E-state index contributed by atoms with van der Waals surface area (Å²) in [6, 6.07) is 2.90.